The molecule has 90 valence electrons. The summed E-state index contributed by atoms with van der Waals surface area (Å²) in [6, 6.07) is 6.41. The number of nitrogens with one attached hydrogen (secondary N) is 1. The van der Waals surface area contributed by atoms with Crippen LogP contribution in [0.3, 0.4) is 0 Å². The molecule has 0 amide bonds. The third-order valence-corrected chi connectivity index (χ3v) is 3.79. The van der Waals surface area contributed by atoms with Crippen molar-refractivity contribution in [2.45, 2.75) is 25.4 Å². The van der Waals surface area contributed by atoms with E-state index in [2.05, 4.69) is 5.32 Å². The van der Waals surface area contributed by atoms with Crippen LogP contribution in [0.5, 0.6) is 0 Å². The van der Waals surface area contributed by atoms with Crippen LogP contribution in [0.15, 0.2) is 24.3 Å². The maximum atomic E-state index is 12.7. The van der Waals surface area contributed by atoms with Gasteiger partial charge in [0, 0.05) is 23.8 Å². The second-order valence-electron chi connectivity index (χ2n) is 3.88. The number of hydrogen-bond donors (Lipinski definition) is 1. The van der Waals surface area contributed by atoms with Crippen molar-refractivity contribution >= 4 is 23.2 Å². The minimum Gasteiger partial charge on any atom is -0.305 e. The summed E-state index contributed by atoms with van der Waals surface area (Å²) >= 11 is 11.8. The van der Waals surface area contributed by atoms with Gasteiger partial charge in [-0.1, -0.05) is 19.1 Å². The zero-order valence-electron chi connectivity index (χ0n) is 9.27. The van der Waals surface area contributed by atoms with E-state index in [0.29, 0.717) is 18.3 Å². The van der Waals surface area contributed by atoms with Crippen molar-refractivity contribution in [3.05, 3.63) is 35.6 Å². The lowest BCUT2D eigenvalue weighted by molar-refractivity contribution is 0.384. The Morgan fingerprint density at radius 2 is 1.75 bits per heavy atom. The summed E-state index contributed by atoms with van der Waals surface area (Å²) < 4.78 is 12.7. The van der Waals surface area contributed by atoms with Crippen LogP contribution in [0, 0.1) is 5.82 Å². The van der Waals surface area contributed by atoms with Crippen LogP contribution in [-0.2, 0) is 6.54 Å². The molecule has 0 saturated heterocycles. The first-order valence-corrected chi connectivity index (χ1v) is 6.34. The summed E-state index contributed by atoms with van der Waals surface area (Å²) in [5, 5.41) is 3.33. The number of hydrogen-bond acceptors (Lipinski definition) is 1. The van der Waals surface area contributed by atoms with Gasteiger partial charge in [-0.25, -0.2) is 4.39 Å². The Morgan fingerprint density at radius 1 is 1.19 bits per heavy atom. The quantitative estimate of drug-likeness (QED) is 0.775. The van der Waals surface area contributed by atoms with Crippen molar-refractivity contribution in [2.24, 2.45) is 0 Å². The molecule has 0 radical (unpaired) electrons. The molecule has 0 spiro atoms. The monoisotopic (exact) mass is 263 g/mol. The molecule has 0 aliphatic heterocycles. The third-order valence-electron chi connectivity index (χ3n) is 2.77. The van der Waals surface area contributed by atoms with Crippen LogP contribution >= 0.6 is 23.2 Å². The molecule has 1 aromatic carbocycles. The van der Waals surface area contributed by atoms with Crippen molar-refractivity contribution in [3.8, 4) is 0 Å². The number of alkyl halides is 2. The van der Waals surface area contributed by atoms with Crippen molar-refractivity contribution in [1.29, 1.82) is 0 Å². The first-order valence-electron chi connectivity index (χ1n) is 5.27. The lowest BCUT2D eigenvalue weighted by Gasteiger charge is -2.29. The highest BCUT2D eigenvalue weighted by atomic mass is 35.5. The van der Waals surface area contributed by atoms with Crippen molar-refractivity contribution < 1.29 is 4.39 Å². The van der Waals surface area contributed by atoms with E-state index in [0.717, 1.165) is 12.0 Å². The smallest absolute Gasteiger partial charge is 0.123 e. The van der Waals surface area contributed by atoms with E-state index in [-0.39, 0.29) is 11.4 Å². The van der Waals surface area contributed by atoms with Crippen molar-refractivity contribution in [1.82, 2.24) is 5.32 Å². The van der Waals surface area contributed by atoms with E-state index < -0.39 is 0 Å². The van der Waals surface area contributed by atoms with Gasteiger partial charge in [-0.3, -0.25) is 0 Å². The minimum atomic E-state index is -0.239. The Kier molecular flexibility index (Phi) is 5.53. The number of benzene rings is 1. The van der Waals surface area contributed by atoms with Gasteiger partial charge in [0.25, 0.3) is 0 Å². The molecular formula is C12H16Cl2FN. The first kappa shape index (κ1) is 13.8. The van der Waals surface area contributed by atoms with Crippen LogP contribution in [0.25, 0.3) is 0 Å². The first-order chi connectivity index (χ1) is 7.65. The molecule has 16 heavy (non-hydrogen) atoms. The van der Waals surface area contributed by atoms with E-state index in [1.807, 2.05) is 6.92 Å². The molecule has 0 saturated carbocycles. The zero-order valence-corrected chi connectivity index (χ0v) is 10.8. The fourth-order valence-corrected chi connectivity index (χ4v) is 2.19. The molecule has 0 fully saturated rings. The molecule has 0 atom stereocenters. The van der Waals surface area contributed by atoms with Crippen LogP contribution in [0.1, 0.15) is 18.9 Å². The van der Waals surface area contributed by atoms with E-state index in [9.17, 15) is 4.39 Å². The van der Waals surface area contributed by atoms with Gasteiger partial charge in [0.1, 0.15) is 5.82 Å². The predicted molar refractivity (Wildman–Crippen MR) is 67.7 cm³/mol. The molecular weight excluding hydrogens is 248 g/mol. The highest BCUT2D eigenvalue weighted by Gasteiger charge is 2.25. The largest absolute Gasteiger partial charge is 0.305 e. The molecule has 0 bridgehead atoms. The van der Waals surface area contributed by atoms with Gasteiger partial charge in [-0.15, -0.1) is 23.2 Å². The predicted octanol–water partition coefficient (Wildman–Crippen LogP) is 3.54. The van der Waals surface area contributed by atoms with E-state index in [4.69, 9.17) is 23.2 Å². The lowest BCUT2D eigenvalue weighted by atomic mass is 10.0. The molecule has 4 heteroatoms. The van der Waals surface area contributed by atoms with E-state index in [1.54, 1.807) is 12.1 Å². The van der Waals surface area contributed by atoms with E-state index in [1.165, 1.54) is 12.1 Å². The van der Waals surface area contributed by atoms with E-state index >= 15 is 0 Å². The Balaban J connectivity index is 2.58. The molecule has 1 nitrogen and oxygen atoms in total. The Labute approximate surface area is 106 Å². The highest BCUT2D eigenvalue weighted by Crippen LogP contribution is 2.16. The molecule has 0 heterocycles. The Bertz CT molecular complexity index is 301. The molecule has 0 aliphatic rings. The van der Waals surface area contributed by atoms with Gasteiger partial charge in [-0.05, 0) is 24.1 Å². The second-order valence-corrected chi connectivity index (χ2v) is 4.42. The van der Waals surface area contributed by atoms with Gasteiger partial charge < -0.3 is 5.32 Å². The Hall–Kier alpha value is -0.310. The number of halogens is 3. The summed E-state index contributed by atoms with van der Waals surface area (Å²) in [6.07, 6.45) is 0.862. The van der Waals surface area contributed by atoms with Gasteiger partial charge in [0.15, 0.2) is 0 Å². The molecule has 1 N–H and O–H groups in total. The van der Waals surface area contributed by atoms with Crippen molar-refractivity contribution in [2.75, 3.05) is 11.8 Å². The molecule has 0 aromatic heterocycles. The molecule has 0 unspecified atom stereocenters. The highest BCUT2D eigenvalue weighted by molar-refractivity contribution is 6.22. The molecule has 0 aliphatic carbocycles. The zero-order chi connectivity index (χ0) is 12.0. The standard InChI is InChI=1S/C12H16Cl2FN/c1-2-12(8-13,9-14)16-7-10-3-5-11(15)6-4-10/h3-6,16H,2,7-9H2,1H3. The average Bonchev–Trinajstić information content (AvgIpc) is 2.34. The van der Waals surface area contributed by atoms with Gasteiger partial charge in [0.05, 0.1) is 0 Å². The van der Waals surface area contributed by atoms with Crippen LogP contribution in [0.2, 0.25) is 0 Å². The normalized spacial score (nSPS) is 11.8. The summed E-state index contributed by atoms with van der Waals surface area (Å²) in [6.45, 7) is 2.69. The van der Waals surface area contributed by atoms with Crippen LogP contribution in [-0.4, -0.2) is 17.3 Å². The average molecular weight is 264 g/mol. The number of rotatable bonds is 6. The summed E-state index contributed by atoms with van der Waals surface area (Å²) in [4.78, 5) is 0. The van der Waals surface area contributed by atoms with Crippen LogP contribution in [0.4, 0.5) is 4.39 Å². The second kappa shape index (κ2) is 6.43. The molecule has 1 rings (SSSR count). The SMILES string of the molecule is CCC(CCl)(CCl)NCc1ccc(F)cc1. The molecule has 1 aromatic rings. The van der Waals surface area contributed by atoms with Gasteiger partial charge in [-0.2, -0.15) is 0 Å². The minimum absolute atomic E-state index is 0.222. The fourth-order valence-electron chi connectivity index (χ4n) is 1.34. The lowest BCUT2D eigenvalue weighted by Crippen LogP contribution is -2.47. The Morgan fingerprint density at radius 3 is 2.19 bits per heavy atom. The van der Waals surface area contributed by atoms with Crippen LogP contribution < -0.4 is 5.32 Å². The summed E-state index contributed by atoms with van der Waals surface area (Å²) in [7, 11) is 0. The van der Waals surface area contributed by atoms with Gasteiger partial charge >= 0.3 is 0 Å². The summed E-state index contributed by atoms with van der Waals surface area (Å²) in [5.74, 6) is 0.711. The maximum absolute atomic E-state index is 12.7. The topological polar surface area (TPSA) is 12.0 Å². The fraction of sp³-hybridized carbons (Fsp3) is 0.500. The summed E-state index contributed by atoms with van der Waals surface area (Å²) in [5.41, 5.74) is 0.784. The maximum Gasteiger partial charge on any atom is 0.123 e. The van der Waals surface area contributed by atoms with Crippen molar-refractivity contribution in [3.63, 3.8) is 0 Å². The third kappa shape index (κ3) is 3.62. The van der Waals surface area contributed by atoms with Gasteiger partial charge in [0.2, 0.25) is 0 Å².